The van der Waals surface area contributed by atoms with E-state index in [1.54, 1.807) is 72.8 Å². The molecule has 0 amide bonds. The average Bonchev–Trinajstić information content (AvgIpc) is 3.26. The van der Waals surface area contributed by atoms with E-state index in [1.807, 2.05) is 13.0 Å². The maximum Gasteiger partial charge on any atom is 0.269 e. The summed E-state index contributed by atoms with van der Waals surface area (Å²) < 4.78 is 28.7. The fourth-order valence-electron chi connectivity index (χ4n) is 3.36. The van der Waals surface area contributed by atoms with Crippen molar-refractivity contribution < 1.29 is 13.5 Å². The molecule has 0 saturated heterocycles. The third-order valence-corrected chi connectivity index (χ3v) is 7.17. The van der Waals surface area contributed by atoms with Crippen molar-refractivity contribution in [2.75, 3.05) is 0 Å². The van der Waals surface area contributed by atoms with Crippen LogP contribution in [0.1, 0.15) is 22.5 Å². The van der Waals surface area contributed by atoms with E-state index in [-0.39, 0.29) is 10.7 Å². The fourth-order valence-corrected chi connectivity index (χ4v) is 4.95. The number of aliphatic hydroxyl groups is 1. The van der Waals surface area contributed by atoms with Crippen LogP contribution in [0.25, 0.3) is 0 Å². The first-order valence-electron chi connectivity index (χ1n) is 9.23. The molecule has 0 aliphatic rings. The first-order chi connectivity index (χ1) is 14.3. The lowest BCUT2D eigenvalue weighted by molar-refractivity contribution is 0.115. The quantitative estimate of drug-likeness (QED) is 0.455. The van der Waals surface area contributed by atoms with E-state index < -0.39 is 15.6 Å². The Hall–Kier alpha value is -2.74. The maximum atomic E-state index is 13.4. The molecule has 4 aromatic rings. The molecule has 1 aromatic heterocycles. The zero-order valence-corrected chi connectivity index (χ0v) is 18.5. The molecular formula is C23H19BrN2O3S. The van der Waals surface area contributed by atoms with E-state index in [9.17, 15) is 13.5 Å². The zero-order valence-electron chi connectivity index (χ0n) is 16.1. The monoisotopic (exact) mass is 482 g/mol. The zero-order chi connectivity index (χ0) is 21.4. The molecule has 5 nitrogen and oxygen atoms in total. The van der Waals surface area contributed by atoms with Crippen molar-refractivity contribution in [3.05, 3.63) is 118 Å². The summed E-state index contributed by atoms with van der Waals surface area (Å²) in [6, 6.07) is 22.6. The van der Waals surface area contributed by atoms with Gasteiger partial charge in [-0.3, -0.25) is 0 Å². The number of aromatic nitrogens is 2. The van der Waals surface area contributed by atoms with Gasteiger partial charge < -0.3 is 5.11 Å². The van der Waals surface area contributed by atoms with Crippen LogP contribution < -0.4 is 0 Å². The first-order valence-corrected chi connectivity index (χ1v) is 11.5. The molecule has 1 atom stereocenters. The smallest absolute Gasteiger partial charge is 0.269 e. The summed E-state index contributed by atoms with van der Waals surface area (Å²) in [5.41, 5.74) is 0.196. The number of imidazole rings is 1. The van der Waals surface area contributed by atoms with Crippen LogP contribution in [0.5, 0.6) is 0 Å². The van der Waals surface area contributed by atoms with E-state index >= 15 is 0 Å². The van der Waals surface area contributed by atoms with Crippen molar-refractivity contribution in [2.45, 2.75) is 17.4 Å². The van der Waals surface area contributed by atoms with Crippen molar-refractivity contribution >= 4 is 26.0 Å². The molecule has 7 heteroatoms. The summed E-state index contributed by atoms with van der Waals surface area (Å²) in [6.07, 6.45) is 2.74. The Kier molecular flexibility index (Phi) is 5.36. The Morgan fingerprint density at radius 2 is 1.50 bits per heavy atom. The van der Waals surface area contributed by atoms with Gasteiger partial charge in [-0.15, -0.1) is 0 Å². The lowest BCUT2D eigenvalue weighted by Gasteiger charge is -2.29. The molecule has 30 heavy (non-hydrogen) atoms. The molecule has 1 heterocycles. The summed E-state index contributed by atoms with van der Waals surface area (Å²) in [5.74, 6) is -0.00315. The first kappa shape index (κ1) is 20.5. The summed E-state index contributed by atoms with van der Waals surface area (Å²) in [5, 5.41) is 12.0. The summed E-state index contributed by atoms with van der Waals surface area (Å²) in [7, 11) is -3.97. The van der Waals surface area contributed by atoms with E-state index in [1.165, 1.54) is 12.4 Å². The van der Waals surface area contributed by atoms with Gasteiger partial charge in [-0.2, -0.15) is 0 Å². The van der Waals surface area contributed by atoms with Crippen molar-refractivity contribution in [2.24, 2.45) is 0 Å². The molecule has 0 fully saturated rings. The molecule has 152 valence electrons. The molecule has 0 aliphatic heterocycles. The van der Waals surface area contributed by atoms with Gasteiger partial charge in [0.2, 0.25) is 0 Å². The van der Waals surface area contributed by atoms with Gasteiger partial charge in [0.1, 0.15) is 0 Å². The lowest BCUT2D eigenvalue weighted by atomic mass is 9.85. The number of hydrogen-bond donors (Lipinski definition) is 1. The van der Waals surface area contributed by atoms with Gasteiger partial charge in [-0.1, -0.05) is 76.1 Å². The van der Waals surface area contributed by atoms with Gasteiger partial charge in [0.25, 0.3) is 10.0 Å². The van der Waals surface area contributed by atoms with Crippen molar-refractivity contribution in [3.8, 4) is 0 Å². The predicted octanol–water partition coefficient (Wildman–Crippen LogP) is 4.48. The largest absolute Gasteiger partial charge is 0.373 e. The number of aryl methyl sites for hydroxylation is 1. The van der Waals surface area contributed by atoms with Crippen molar-refractivity contribution in [1.82, 2.24) is 8.96 Å². The molecule has 0 spiro atoms. The molecule has 0 radical (unpaired) electrons. The van der Waals surface area contributed by atoms with Gasteiger partial charge in [0.15, 0.2) is 11.4 Å². The second-order valence-electron chi connectivity index (χ2n) is 6.95. The Morgan fingerprint density at radius 1 is 0.900 bits per heavy atom. The molecule has 0 saturated carbocycles. The Labute approximate surface area is 183 Å². The minimum Gasteiger partial charge on any atom is -0.373 e. The van der Waals surface area contributed by atoms with Gasteiger partial charge in [0.05, 0.1) is 4.90 Å². The molecule has 0 bridgehead atoms. The molecule has 4 rings (SSSR count). The van der Waals surface area contributed by atoms with Crippen molar-refractivity contribution in [3.63, 3.8) is 0 Å². The molecular weight excluding hydrogens is 464 g/mol. The van der Waals surface area contributed by atoms with Gasteiger partial charge in [-0.25, -0.2) is 17.4 Å². The molecule has 0 unspecified atom stereocenters. The highest BCUT2D eigenvalue weighted by molar-refractivity contribution is 9.10. The van der Waals surface area contributed by atoms with Crippen LogP contribution in [0.3, 0.4) is 0 Å². The number of halogens is 1. The Balaban J connectivity index is 1.96. The highest BCUT2D eigenvalue weighted by atomic mass is 79.9. The number of rotatable bonds is 5. The topological polar surface area (TPSA) is 72.2 Å². The summed E-state index contributed by atoms with van der Waals surface area (Å²) in [4.78, 5) is 4.42. The van der Waals surface area contributed by atoms with Crippen LogP contribution in [0, 0.1) is 6.92 Å². The van der Waals surface area contributed by atoms with E-state index in [0.29, 0.717) is 11.1 Å². The fraction of sp³-hybridized carbons (Fsp3) is 0.0870. The number of nitrogens with zero attached hydrogens (tertiary/aromatic N) is 2. The van der Waals surface area contributed by atoms with Gasteiger partial charge in [0, 0.05) is 16.9 Å². The average molecular weight is 483 g/mol. The normalized spacial score (nSPS) is 13.7. The Morgan fingerprint density at radius 3 is 2.13 bits per heavy atom. The molecule has 1 N–H and O–H groups in total. The lowest BCUT2D eigenvalue weighted by Crippen LogP contribution is -2.34. The van der Waals surface area contributed by atoms with Gasteiger partial charge >= 0.3 is 0 Å². The van der Waals surface area contributed by atoms with Crippen LogP contribution in [0.15, 0.2) is 101 Å². The second kappa shape index (κ2) is 7.83. The van der Waals surface area contributed by atoms with Crippen LogP contribution in [0.2, 0.25) is 0 Å². The molecule has 3 aromatic carbocycles. The summed E-state index contributed by atoms with van der Waals surface area (Å²) >= 11 is 3.40. The van der Waals surface area contributed by atoms with Crippen LogP contribution >= 0.6 is 15.9 Å². The van der Waals surface area contributed by atoms with Crippen LogP contribution in [-0.4, -0.2) is 22.5 Å². The minimum atomic E-state index is -3.97. The van der Waals surface area contributed by atoms with Crippen LogP contribution in [-0.2, 0) is 15.6 Å². The van der Waals surface area contributed by atoms with Crippen LogP contribution in [0.4, 0.5) is 0 Å². The number of hydrogen-bond acceptors (Lipinski definition) is 4. The highest BCUT2D eigenvalue weighted by Crippen LogP contribution is 2.37. The van der Waals surface area contributed by atoms with E-state index in [2.05, 4.69) is 20.9 Å². The van der Waals surface area contributed by atoms with Gasteiger partial charge in [-0.05, 0) is 42.3 Å². The van der Waals surface area contributed by atoms with Crippen molar-refractivity contribution in [1.29, 1.82) is 0 Å². The van der Waals surface area contributed by atoms with E-state index in [0.717, 1.165) is 14.0 Å². The third kappa shape index (κ3) is 3.49. The van der Waals surface area contributed by atoms with E-state index in [4.69, 9.17) is 0 Å². The highest BCUT2D eigenvalue weighted by Gasteiger charge is 2.40. The SMILES string of the molecule is Cc1ccc(S(=O)(=O)n2ccnc2[C@@](O)(c2ccccc2)c2ccc(Br)cc2)cc1. The Bertz CT molecular complexity index is 1270. The molecule has 0 aliphatic carbocycles. The summed E-state index contributed by atoms with van der Waals surface area (Å²) in [6.45, 7) is 1.89. The number of benzene rings is 3. The second-order valence-corrected chi connectivity index (χ2v) is 9.68. The predicted molar refractivity (Wildman–Crippen MR) is 119 cm³/mol. The third-order valence-electron chi connectivity index (χ3n) is 4.96. The maximum absolute atomic E-state index is 13.4. The standard InChI is InChI=1S/C23H19BrN2O3S/c1-17-7-13-21(14-8-17)30(28,29)26-16-15-25-22(26)23(27,18-5-3-2-4-6-18)19-9-11-20(24)12-10-19/h2-16,27H,1H3/t23-/m1/s1. The minimum absolute atomic E-state index is 0.00315.